The number of pyridine rings is 1. The highest BCUT2D eigenvalue weighted by Gasteiger charge is 2.24. The Balaban J connectivity index is 1.57. The summed E-state index contributed by atoms with van der Waals surface area (Å²) in [5.41, 5.74) is 1.61. The molecule has 4 heteroatoms. The van der Waals surface area contributed by atoms with Crippen LogP contribution < -0.4 is 5.43 Å². The Bertz CT molecular complexity index is 685. The van der Waals surface area contributed by atoms with Gasteiger partial charge in [0.05, 0.1) is 0 Å². The van der Waals surface area contributed by atoms with Crippen LogP contribution in [0.25, 0.3) is 0 Å². The van der Waals surface area contributed by atoms with Crippen LogP contribution in [-0.2, 0) is 6.42 Å². The monoisotopic (exact) mass is 296 g/mol. The summed E-state index contributed by atoms with van der Waals surface area (Å²) >= 11 is 0. The molecule has 114 valence electrons. The molecule has 0 radical (unpaired) electrons. The highest BCUT2D eigenvalue weighted by Crippen LogP contribution is 2.22. The number of nitrogens with zero attached hydrogens (tertiary/aromatic N) is 1. The fourth-order valence-corrected chi connectivity index (χ4v) is 3.03. The topological polar surface area (TPSA) is 53.2 Å². The Hall–Kier alpha value is -2.36. The van der Waals surface area contributed by atoms with Crippen molar-refractivity contribution in [1.29, 1.82) is 0 Å². The van der Waals surface area contributed by atoms with Crippen LogP contribution in [-0.4, -0.2) is 28.9 Å². The lowest BCUT2D eigenvalue weighted by atomic mass is 9.90. The summed E-state index contributed by atoms with van der Waals surface area (Å²) in [4.78, 5) is 28.4. The molecular weight excluding hydrogens is 276 g/mol. The molecular formula is C18H20N2O2. The molecule has 4 nitrogen and oxygen atoms in total. The summed E-state index contributed by atoms with van der Waals surface area (Å²) < 4.78 is 0. The number of rotatable bonds is 3. The number of benzene rings is 1. The number of nitrogens with one attached hydrogen (secondary N) is 1. The summed E-state index contributed by atoms with van der Waals surface area (Å²) in [6.07, 6.45) is 4.62. The lowest BCUT2D eigenvalue weighted by Crippen LogP contribution is -2.39. The molecule has 1 N–H and O–H groups in total. The van der Waals surface area contributed by atoms with Crippen LogP contribution in [0.5, 0.6) is 0 Å². The second kappa shape index (κ2) is 6.60. The number of hydrogen-bond acceptors (Lipinski definition) is 2. The van der Waals surface area contributed by atoms with Gasteiger partial charge in [-0.25, -0.2) is 0 Å². The second-order valence-corrected chi connectivity index (χ2v) is 5.86. The van der Waals surface area contributed by atoms with E-state index in [-0.39, 0.29) is 11.3 Å². The van der Waals surface area contributed by atoms with Crippen molar-refractivity contribution in [2.24, 2.45) is 5.92 Å². The third-order valence-electron chi connectivity index (χ3n) is 4.27. The lowest BCUT2D eigenvalue weighted by Gasteiger charge is -2.32. The number of aromatic amines is 1. The van der Waals surface area contributed by atoms with Crippen molar-refractivity contribution < 1.29 is 4.79 Å². The molecule has 1 fully saturated rings. The standard InChI is InChI=1S/C18H20N2O2/c21-16-6-9-19-17(13-16)18(22)20-10-7-15(8-11-20)12-14-4-2-1-3-5-14/h1-6,9,13,15H,7-8,10-12H2,(H,19,21). The Morgan fingerprint density at radius 1 is 1.14 bits per heavy atom. The fraction of sp³-hybridized carbons (Fsp3) is 0.333. The molecule has 22 heavy (non-hydrogen) atoms. The van der Waals surface area contributed by atoms with Crippen molar-refractivity contribution in [3.8, 4) is 0 Å². The zero-order chi connectivity index (χ0) is 15.4. The van der Waals surface area contributed by atoms with E-state index in [0.717, 1.165) is 32.4 Å². The van der Waals surface area contributed by atoms with Crippen molar-refractivity contribution in [2.45, 2.75) is 19.3 Å². The highest BCUT2D eigenvalue weighted by atomic mass is 16.2. The normalized spacial score (nSPS) is 15.7. The summed E-state index contributed by atoms with van der Waals surface area (Å²) in [6, 6.07) is 13.3. The van der Waals surface area contributed by atoms with Crippen LogP contribution in [0.15, 0.2) is 53.5 Å². The van der Waals surface area contributed by atoms with E-state index in [2.05, 4.69) is 29.2 Å². The second-order valence-electron chi connectivity index (χ2n) is 5.86. The Kier molecular flexibility index (Phi) is 4.37. The Labute approximate surface area is 129 Å². The van der Waals surface area contributed by atoms with Crippen LogP contribution >= 0.6 is 0 Å². The number of likely N-dealkylation sites (tertiary alicyclic amines) is 1. The van der Waals surface area contributed by atoms with Crippen LogP contribution in [0, 0.1) is 5.92 Å². The number of aromatic nitrogens is 1. The van der Waals surface area contributed by atoms with Gasteiger partial charge in [-0.3, -0.25) is 9.59 Å². The zero-order valence-corrected chi connectivity index (χ0v) is 12.5. The van der Waals surface area contributed by atoms with Gasteiger partial charge < -0.3 is 9.88 Å². The number of carbonyl (C=O) groups excluding carboxylic acids is 1. The van der Waals surface area contributed by atoms with Gasteiger partial charge in [-0.15, -0.1) is 0 Å². The molecule has 0 bridgehead atoms. The van der Waals surface area contributed by atoms with Gasteiger partial charge in [-0.1, -0.05) is 30.3 Å². The fourth-order valence-electron chi connectivity index (χ4n) is 3.03. The molecule has 1 saturated heterocycles. The first-order valence-corrected chi connectivity index (χ1v) is 7.74. The zero-order valence-electron chi connectivity index (χ0n) is 12.5. The van der Waals surface area contributed by atoms with Gasteiger partial charge in [0.25, 0.3) is 5.91 Å². The Morgan fingerprint density at radius 2 is 1.86 bits per heavy atom. The van der Waals surface area contributed by atoms with Gasteiger partial charge in [0.1, 0.15) is 5.69 Å². The number of H-pyrrole nitrogens is 1. The van der Waals surface area contributed by atoms with Crippen molar-refractivity contribution in [3.05, 3.63) is 70.1 Å². The number of amides is 1. The van der Waals surface area contributed by atoms with E-state index in [9.17, 15) is 9.59 Å². The maximum Gasteiger partial charge on any atom is 0.270 e. The van der Waals surface area contributed by atoms with Crippen LogP contribution in [0.1, 0.15) is 28.9 Å². The minimum Gasteiger partial charge on any atom is -0.357 e. The highest BCUT2D eigenvalue weighted by molar-refractivity contribution is 5.92. The number of carbonyl (C=O) groups is 1. The van der Waals surface area contributed by atoms with Crippen molar-refractivity contribution in [2.75, 3.05) is 13.1 Å². The predicted molar refractivity (Wildman–Crippen MR) is 85.8 cm³/mol. The molecule has 0 atom stereocenters. The van der Waals surface area contributed by atoms with Gasteiger partial charge in [0.15, 0.2) is 5.43 Å². The van der Waals surface area contributed by atoms with E-state index in [4.69, 9.17) is 0 Å². The Morgan fingerprint density at radius 3 is 2.55 bits per heavy atom. The van der Waals surface area contributed by atoms with Gasteiger partial charge in [0.2, 0.25) is 0 Å². The lowest BCUT2D eigenvalue weighted by molar-refractivity contribution is 0.0684. The van der Waals surface area contributed by atoms with E-state index in [0.29, 0.717) is 11.6 Å². The van der Waals surface area contributed by atoms with Crippen LogP contribution in [0.4, 0.5) is 0 Å². The molecule has 0 saturated carbocycles. The van der Waals surface area contributed by atoms with Crippen LogP contribution in [0.3, 0.4) is 0 Å². The summed E-state index contributed by atoms with van der Waals surface area (Å²) in [7, 11) is 0. The molecule has 0 unspecified atom stereocenters. The first-order chi connectivity index (χ1) is 10.7. The molecule has 1 aromatic carbocycles. The minimum absolute atomic E-state index is 0.0733. The summed E-state index contributed by atoms with van der Waals surface area (Å²) in [5, 5.41) is 0. The SMILES string of the molecule is O=C(c1cc(=O)cc[nH]1)N1CCC(Cc2ccccc2)CC1. The largest absolute Gasteiger partial charge is 0.357 e. The molecule has 1 aromatic heterocycles. The molecule has 2 heterocycles. The number of hydrogen-bond donors (Lipinski definition) is 1. The van der Waals surface area contributed by atoms with E-state index in [1.807, 2.05) is 11.0 Å². The minimum atomic E-state index is -0.138. The van der Waals surface area contributed by atoms with Gasteiger partial charge in [-0.05, 0) is 30.7 Å². The van der Waals surface area contributed by atoms with E-state index in [1.54, 1.807) is 0 Å². The third kappa shape index (κ3) is 3.45. The predicted octanol–water partition coefficient (Wildman–Crippen LogP) is 2.47. The maximum atomic E-state index is 12.4. The quantitative estimate of drug-likeness (QED) is 0.946. The molecule has 1 aliphatic rings. The van der Waals surface area contributed by atoms with Crippen molar-refractivity contribution in [1.82, 2.24) is 9.88 Å². The summed E-state index contributed by atoms with van der Waals surface area (Å²) in [5.74, 6) is 0.553. The molecule has 0 spiro atoms. The molecule has 0 aliphatic carbocycles. The van der Waals surface area contributed by atoms with Gasteiger partial charge >= 0.3 is 0 Å². The van der Waals surface area contributed by atoms with Gasteiger partial charge in [-0.2, -0.15) is 0 Å². The first kappa shape index (κ1) is 14.6. The third-order valence-corrected chi connectivity index (χ3v) is 4.27. The smallest absolute Gasteiger partial charge is 0.270 e. The van der Waals surface area contributed by atoms with E-state index >= 15 is 0 Å². The van der Waals surface area contributed by atoms with Gasteiger partial charge in [0, 0.05) is 31.4 Å². The maximum absolute atomic E-state index is 12.4. The molecule has 2 aromatic rings. The van der Waals surface area contributed by atoms with E-state index < -0.39 is 0 Å². The van der Waals surface area contributed by atoms with E-state index in [1.165, 1.54) is 23.9 Å². The van der Waals surface area contributed by atoms with Crippen molar-refractivity contribution in [3.63, 3.8) is 0 Å². The first-order valence-electron chi connectivity index (χ1n) is 7.74. The summed E-state index contributed by atoms with van der Waals surface area (Å²) in [6.45, 7) is 1.51. The molecule has 3 rings (SSSR count). The van der Waals surface area contributed by atoms with Crippen molar-refractivity contribution >= 4 is 5.91 Å². The average molecular weight is 296 g/mol. The molecule has 1 aliphatic heterocycles. The molecule has 1 amide bonds. The average Bonchev–Trinajstić information content (AvgIpc) is 2.56. The number of piperidine rings is 1. The van der Waals surface area contributed by atoms with Crippen LogP contribution in [0.2, 0.25) is 0 Å².